The normalized spacial score (nSPS) is 15.6. The van der Waals surface area contributed by atoms with E-state index in [1.165, 1.54) is 0 Å². The highest BCUT2D eigenvalue weighted by atomic mass is 35.5. The lowest BCUT2D eigenvalue weighted by molar-refractivity contribution is -0.129. The van der Waals surface area contributed by atoms with Crippen molar-refractivity contribution in [2.75, 3.05) is 38.0 Å². The molecule has 6 nitrogen and oxygen atoms in total. The third-order valence-corrected chi connectivity index (χ3v) is 3.08. The molecular weight excluding hydrogens is 277 g/mol. The molecule has 1 aliphatic heterocycles. The highest BCUT2D eigenvalue weighted by Gasteiger charge is 2.16. The number of aromatic nitrogens is 2. The first kappa shape index (κ1) is 13.3. The minimum atomic E-state index is 0.0282. The summed E-state index contributed by atoms with van der Waals surface area (Å²) in [4.78, 5) is 13.7. The Kier molecular flexibility index (Phi) is 4.57. The number of rotatable bonds is 3. The van der Waals surface area contributed by atoms with Crippen molar-refractivity contribution in [3.8, 4) is 0 Å². The molecule has 2 N–H and O–H groups in total. The molecule has 0 aliphatic carbocycles. The van der Waals surface area contributed by atoms with Crippen molar-refractivity contribution in [2.45, 2.75) is 0 Å². The second-order valence-electron chi connectivity index (χ2n) is 3.86. The number of nitrogens with one attached hydrogen (secondary N) is 2. The van der Waals surface area contributed by atoms with E-state index in [9.17, 15) is 4.79 Å². The average molecular weight is 290 g/mol. The number of carbonyl (C=O) groups is 1. The van der Waals surface area contributed by atoms with E-state index in [0.717, 1.165) is 26.2 Å². The number of piperazine rings is 1. The molecule has 2 heterocycles. The van der Waals surface area contributed by atoms with Gasteiger partial charge in [-0.15, -0.1) is 10.2 Å². The molecule has 1 aromatic rings. The van der Waals surface area contributed by atoms with E-state index < -0.39 is 0 Å². The van der Waals surface area contributed by atoms with Crippen molar-refractivity contribution in [1.82, 2.24) is 20.4 Å². The Morgan fingerprint density at radius 1 is 1.39 bits per heavy atom. The second-order valence-corrected chi connectivity index (χ2v) is 4.60. The Balaban J connectivity index is 1.90. The predicted octanol–water partition coefficient (Wildman–Crippen LogP) is 0.627. The summed E-state index contributed by atoms with van der Waals surface area (Å²) in [5, 5.41) is 13.8. The number of hydrogen-bond donors (Lipinski definition) is 2. The predicted molar refractivity (Wildman–Crippen MR) is 70.0 cm³/mol. The van der Waals surface area contributed by atoms with Gasteiger partial charge in [0.05, 0.1) is 12.2 Å². The number of nitrogens with zero attached hydrogens (tertiary/aromatic N) is 3. The number of carbonyl (C=O) groups excluding carboxylic acids is 1. The second kappa shape index (κ2) is 6.17. The van der Waals surface area contributed by atoms with Crippen molar-refractivity contribution in [3.63, 3.8) is 0 Å². The quantitative estimate of drug-likeness (QED) is 0.854. The molecular formula is C10H13Cl2N5O. The molecule has 0 spiro atoms. The summed E-state index contributed by atoms with van der Waals surface area (Å²) in [5.41, 5.74) is 0.514. The molecule has 2 rings (SSSR count). The summed E-state index contributed by atoms with van der Waals surface area (Å²) in [7, 11) is 0. The monoisotopic (exact) mass is 289 g/mol. The van der Waals surface area contributed by atoms with Crippen LogP contribution in [0.15, 0.2) is 6.07 Å². The summed E-state index contributed by atoms with van der Waals surface area (Å²) in [5.74, 6) is 0.0282. The summed E-state index contributed by atoms with van der Waals surface area (Å²) >= 11 is 11.5. The maximum atomic E-state index is 11.9. The lowest BCUT2D eigenvalue weighted by atomic mass is 10.3. The zero-order chi connectivity index (χ0) is 13.0. The maximum Gasteiger partial charge on any atom is 0.241 e. The largest absolute Gasteiger partial charge is 0.373 e. The van der Waals surface area contributed by atoms with Crippen LogP contribution < -0.4 is 10.6 Å². The van der Waals surface area contributed by atoms with Crippen LogP contribution in [0.2, 0.25) is 10.3 Å². The SMILES string of the molecule is O=C(CNc1cc(Cl)nnc1Cl)N1CCNCC1. The third kappa shape index (κ3) is 3.44. The van der Waals surface area contributed by atoms with Gasteiger partial charge >= 0.3 is 0 Å². The third-order valence-electron chi connectivity index (χ3n) is 2.62. The highest BCUT2D eigenvalue weighted by molar-refractivity contribution is 6.33. The van der Waals surface area contributed by atoms with Gasteiger partial charge in [0, 0.05) is 32.2 Å². The number of halogens is 2. The Bertz CT molecular complexity index is 436. The molecule has 18 heavy (non-hydrogen) atoms. The van der Waals surface area contributed by atoms with Crippen LogP contribution in [0.5, 0.6) is 0 Å². The van der Waals surface area contributed by atoms with Gasteiger partial charge in [-0.05, 0) is 0 Å². The molecule has 0 aromatic carbocycles. The zero-order valence-corrected chi connectivity index (χ0v) is 11.1. The molecule has 0 unspecified atom stereocenters. The van der Waals surface area contributed by atoms with Crippen LogP contribution in [0.1, 0.15) is 0 Å². The van der Waals surface area contributed by atoms with E-state index in [0.29, 0.717) is 5.69 Å². The first-order valence-corrected chi connectivity index (χ1v) is 6.33. The molecule has 8 heteroatoms. The van der Waals surface area contributed by atoms with Crippen LogP contribution in [0.25, 0.3) is 0 Å². The molecule has 0 saturated carbocycles. The Morgan fingerprint density at radius 2 is 2.11 bits per heavy atom. The topological polar surface area (TPSA) is 70.2 Å². The van der Waals surface area contributed by atoms with Gasteiger partial charge in [0.15, 0.2) is 10.3 Å². The lowest BCUT2D eigenvalue weighted by Gasteiger charge is -2.27. The van der Waals surface area contributed by atoms with Gasteiger partial charge in [-0.3, -0.25) is 4.79 Å². The van der Waals surface area contributed by atoms with Gasteiger partial charge in [0.25, 0.3) is 0 Å². The average Bonchev–Trinajstić information content (AvgIpc) is 2.40. The molecule has 1 aromatic heterocycles. The van der Waals surface area contributed by atoms with E-state index in [1.807, 2.05) is 0 Å². The van der Waals surface area contributed by atoms with Crippen LogP contribution in [-0.2, 0) is 4.79 Å². The zero-order valence-electron chi connectivity index (χ0n) is 9.62. The minimum Gasteiger partial charge on any atom is -0.373 e. The van der Waals surface area contributed by atoms with Gasteiger partial charge in [0.2, 0.25) is 5.91 Å². The Labute approximate surface area is 115 Å². The van der Waals surface area contributed by atoms with E-state index in [4.69, 9.17) is 23.2 Å². The summed E-state index contributed by atoms with van der Waals surface area (Å²) in [6.45, 7) is 3.28. The van der Waals surface area contributed by atoms with Crippen LogP contribution in [0, 0.1) is 0 Å². The molecule has 0 radical (unpaired) electrons. The lowest BCUT2D eigenvalue weighted by Crippen LogP contribution is -2.48. The molecule has 0 atom stereocenters. The molecule has 1 aliphatic rings. The van der Waals surface area contributed by atoms with Crippen LogP contribution in [0.4, 0.5) is 5.69 Å². The summed E-state index contributed by atoms with van der Waals surface area (Å²) < 4.78 is 0. The molecule has 1 saturated heterocycles. The fraction of sp³-hybridized carbons (Fsp3) is 0.500. The van der Waals surface area contributed by atoms with Crippen molar-refractivity contribution >= 4 is 34.8 Å². The number of hydrogen-bond acceptors (Lipinski definition) is 5. The van der Waals surface area contributed by atoms with Crippen molar-refractivity contribution < 1.29 is 4.79 Å². The van der Waals surface area contributed by atoms with Gasteiger partial charge in [-0.1, -0.05) is 23.2 Å². The summed E-state index contributed by atoms with van der Waals surface area (Å²) in [6, 6.07) is 1.54. The minimum absolute atomic E-state index is 0.0282. The smallest absolute Gasteiger partial charge is 0.241 e. The van der Waals surface area contributed by atoms with E-state index in [2.05, 4.69) is 20.8 Å². The molecule has 0 bridgehead atoms. The fourth-order valence-corrected chi connectivity index (χ4v) is 1.98. The van der Waals surface area contributed by atoms with Gasteiger partial charge in [0.1, 0.15) is 0 Å². The highest BCUT2D eigenvalue weighted by Crippen LogP contribution is 2.20. The van der Waals surface area contributed by atoms with Gasteiger partial charge < -0.3 is 15.5 Å². The number of amides is 1. The van der Waals surface area contributed by atoms with Crippen LogP contribution >= 0.6 is 23.2 Å². The first-order chi connectivity index (χ1) is 8.66. The van der Waals surface area contributed by atoms with Gasteiger partial charge in [-0.25, -0.2) is 0 Å². The number of anilines is 1. The first-order valence-electron chi connectivity index (χ1n) is 5.58. The van der Waals surface area contributed by atoms with Gasteiger partial charge in [-0.2, -0.15) is 0 Å². The molecule has 98 valence electrons. The maximum absolute atomic E-state index is 11.9. The Morgan fingerprint density at radius 3 is 2.83 bits per heavy atom. The van der Waals surface area contributed by atoms with Crippen LogP contribution in [-0.4, -0.2) is 53.7 Å². The van der Waals surface area contributed by atoms with Crippen LogP contribution in [0.3, 0.4) is 0 Å². The van der Waals surface area contributed by atoms with Crippen molar-refractivity contribution in [3.05, 3.63) is 16.4 Å². The molecule has 1 fully saturated rings. The van der Waals surface area contributed by atoms with E-state index >= 15 is 0 Å². The summed E-state index contributed by atoms with van der Waals surface area (Å²) in [6.07, 6.45) is 0. The van der Waals surface area contributed by atoms with Crippen molar-refractivity contribution in [2.24, 2.45) is 0 Å². The van der Waals surface area contributed by atoms with E-state index in [-0.39, 0.29) is 22.8 Å². The Hall–Kier alpha value is -1.11. The molecule has 1 amide bonds. The van der Waals surface area contributed by atoms with E-state index in [1.54, 1.807) is 11.0 Å². The standard InChI is InChI=1S/C10H13Cl2N5O/c11-8-5-7(10(12)16-15-8)14-6-9(18)17-3-1-13-2-4-17/h5,13H,1-4,6H2,(H,14,15). The fourth-order valence-electron chi connectivity index (χ4n) is 1.67. The van der Waals surface area contributed by atoms with Crippen molar-refractivity contribution in [1.29, 1.82) is 0 Å².